The second kappa shape index (κ2) is 15.5. The molecular weight excluding hydrogens is 348 g/mol. The van der Waals surface area contributed by atoms with E-state index in [4.69, 9.17) is 0 Å². The van der Waals surface area contributed by atoms with Crippen molar-refractivity contribution in [3.05, 3.63) is 38.0 Å². The second-order valence-corrected chi connectivity index (χ2v) is 10.5. The van der Waals surface area contributed by atoms with Crippen molar-refractivity contribution in [2.75, 3.05) is 17.3 Å². The molecule has 0 bridgehead atoms. The van der Waals surface area contributed by atoms with Gasteiger partial charge in [0.1, 0.15) is 0 Å². The molecule has 3 heteroatoms. The summed E-state index contributed by atoms with van der Waals surface area (Å²) in [7, 11) is 0. The fraction of sp³-hybridized carbons (Fsp3) is 0.714. The standard InChI is InChI=1S/C21H36S3/c1-4-16-22-19-10-7-12-20(23-17-5-2)14-9-15-21(13-8-11-19)24-18-6-3/h4-6,19-21H,1-3,7-18H2. The van der Waals surface area contributed by atoms with E-state index in [1.807, 2.05) is 0 Å². The first kappa shape index (κ1) is 22.3. The molecule has 0 atom stereocenters. The predicted molar refractivity (Wildman–Crippen MR) is 121 cm³/mol. The Labute approximate surface area is 163 Å². The Hall–Kier alpha value is 0.270. The Kier molecular flexibility index (Phi) is 14.4. The van der Waals surface area contributed by atoms with Crippen molar-refractivity contribution < 1.29 is 0 Å². The van der Waals surface area contributed by atoms with E-state index in [0.717, 1.165) is 33.0 Å². The molecule has 24 heavy (non-hydrogen) atoms. The van der Waals surface area contributed by atoms with Crippen molar-refractivity contribution in [1.82, 2.24) is 0 Å². The molecule has 0 aromatic rings. The third-order valence-corrected chi connectivity index (χ3v) is 8.62. The fourth-order valence-electron chi connectivity index (χ4n) is 3.26. The summed E-state index contributed by atoms with van der Waals surface area (Å²) in [6.45, 7) is 11.7. The number of thioether (sulfide) groups is 3. The van der Waals surface area contributed by atoms with Crippen LogP contribution in [0.5, 0.6) is 0 Å². The zero-order chi connectivity index (χ0) is 17.5. The van der Waals surface area contributed by atoms with Crippen LogP contribution in [0.25, 0.3) is 0 Å². The van der Waals surface area contributed by atoms with Gasteiger partial charge in [0.25, 0.3) is 0 Å². The molecule has 0 aromatic carbocycles. The van der Waals surface area contributed by atoms with Gasteiger partial charge in [-0.3, -0.25) is 0 Å². The normalized spacial score (nSPS) is 26.8. The van der Waals surface area contributed by atoms with Crippen molar-refractivity contribution in [2.24, 2.45) is 0 Å². The fourth-order valence-corrected chi connectivity index (χ4v) is 6.49. The van der Waals surface area contributed by atoms with E-state index in [2.05, 4.69) is 73.3 Å². The Morgan fingerprint density at radius 1 is 0.542 bits per heavy atom. The van der Waals surface area contributed by atoms with Gasteiger partial charge in [-0.05, 0) is 38.5 Å². The quantitative estimate of drug-likeness (QED) is 0.381. The highest BCUT2D eigenvalue weighted by Gasteiger charge is 2.17. The van der Waals surface area contributed by atoms with Gasteiger partial charge in [-0.25, -0.2) is 0 Å². The minimum absolute atomic E-state index is 0.831. The smallest absolute Gasteiger partial charge is 0.0113 e. The van der Waals surface area contributed by atoms with Crippen molar-refractivity contribution in [2.45, 2.75) is 73.5 Å². The maximum Gasteiger partial charge on any atom is 0.0113 e. The minimum atomic E-state index is 0.831. The van der Waals surface area contributed by atoms with Crippen molar-refractivity contribution in [1.29, 1.82) is 0 Å². The third-order valence-electron chi connectivity index (χ3n) is 4.51. The average molecular weight is 385 g/mol. The van der Waals surface area contributed by atoms with Gasteiger partial charge in [0.2, 0.25) is 0 Å². The molecule has 1 aliphatic rings. The lowest BCUT2D eigenvalue weighted by molar-refractivity contribution is 0.522. The first-order valence-corrected chi connectivity index (χ1v) is 12.6. The van der Waals surface area contributed by atoms with Gasteiger partial charge in [-0.2, -0.15) is 35.3 Å². The molecule has 0 spiro atoms. The largest absolute Gasteiger partial charge is 0.154 e. The van der Waals surface area contributed by atoms with Gasteiger partial charge >= 0.3 is 0 Å². The van der Waals surface area contributed by atoms with Crippen molar-refractivity contribution in [3.63, 3.8) is 0 Å². The SMILES string of the molecule is C=CCSC1CCCC(SCC=C)CCCC(SCC=C)CCC1. The first-order valence-electron chi connectivity index (χ1n) is 9.47. The molecule has 1 fully saturated rings. The van der Waals surface area contributed by atoms with E-state index in [0.29, 0.717) is 0 Å². The molecule has 1 rings (SSSR count). The minimum Gasteiger partial charge on any atom is -0.154 e. The molecule has 1 saturated carbocycles. The van der Waals surface area contributed by atoms with Crippen LogP contribution in [-0.4, -0.2) is 33.0 Å². The molecular formula is C21H36S3. The number of hydrogen-bond donors (Lipinski definition) is 0. The highest BCUT2D eigenvalue weighted by molar-refractivity contribution is 8.00. The average Bonchev–Trinajstić information content (AvgIpc) is 2.59. The number of rotatable bonds is 9. The molecule has 0 amide bonds. The van der Waals surface area contributed by atoms with Crippen LogP contribution in [0.1, 0.15) is 57.8 Å². The summed E-state index contributed by atoms with van der Waals surface area (Å²) >= 11 is 6.37. The van der Waals surface area contributed by atoms with Gasteiger partial charge in [-0.1, -0.05) is 37.5 Å². The van der Waals surface area contributed by atoms with E-state index < -0.39 is 0 Å². The summed E-state index contributed by atoms with van der Waals surface area (Å²) in [5.41, 5.74) is 0. The highest BCUT2D eigenvalue weighted by atomic mass is 32.2. The van der Waals surface area contributed by atoms with E-state index in [9.17, 15) is 0 Å². The first-order chi connectivity index (χ1) is 11.8. The van der Waals surface area contributed by atoms with E-state index in [1.165, 1.54) is 57.8 Å². The van der Waals surface area contributed by atoms with Crippen LogP contribution in [0.15, 0.2) is 38.0 Å². The predicted octanol–water partition coefficient (Wildman–Crippen LogP) is 7.37. The zero-order valence-electron chi connectivity index (χ0n) is 15.3. The Balaban J connectivity index is 2.56. The highest BCUT2D eigenvalue weighted by Crippen LogP contribution is 2.31. The second-order valence-electron chi connectivity index (χ2n) is 6.52. The van der Waals surface area contributed by atoms with Gasteiger partial charge in [0, 0.05) is 33.0 Å². The van der Waals surface area contributed by atoms with Crippen LogP contribution in [0.4, 0.5) is 0 Å². The summed E-state index contributed by atoms with van der Waals surface area (Å²) in [5.74, 6) is 3.32. The third kappa shape index (κ3) is 11.0. The Bertz CT molecular complexity index is 276. The van der Waals surface area contributed by atoms with Crippen LogP contribution >= 0.6 is 35.3 Å². The Morgan fingerprint density at radius 3 is 1.00 bits per heavy atom. The van der Waals surface area contributed by atoms with Crippen LogP contribution in [0, 0.1) is 0 Å². The maximum atomic E-state index is 3.89. The monoisotopic (exact) mass is 384 g/mol. The van der Waals surface area contributed by atoms with Crippen LogP contribution in [-0.2, 0) is 0 Å². The molecule has 0 heterocycles. The topological polar surface area (TPSA) is 0 Å². The molecule has 0 aromatic heterocycles. The van der Waals surface area contributed by atoms with Crippen LogP contribution in [0.2, 0.25) is 0 Å². The number of hydrogen-bond acceptors (Lipinski definition) is 3. The summed E-state index contributed by atoms with van der Waals surface area (Å²) in [6, 6.07) is 0. The van der Waals surface area contributed by atoms with Gasteiger partial charge in [0.15, 0.2) is 0 Å². The molecule has 0 N–H and O–H groups in total. The molecule has 0 aliphatic heterocycles. The lowest BCUT2D eigenvalue weighted by atomic mass is 10.0. The lowest BCUT2D eigenvalue weighted by Crippen LogP contribution is -2.12. The van der Waals surface area contributed by atoms with Gasteiger partial charge in [0.05, 0.1) is 0 Å². The van der Waals surface area contributed by atoms with Crippen molar-refractivity contribution in [3.8, 4) is 0 Å². The summed E-state index contributed by atoms with van der Waals surface area (Å²) in [5, 5.41) is 2.49. The van der Waals surface area contributed by atoms with Gasteiger partial charge < -0.3 is 0 Å². The summed E-state index contributed by atoms with van der Waals surface area (Å²) < 4.78 is 0. The summed E-state index contributed by atoms with van der Waals surface area (Å²) in [6.07, 6.45) is 18.6. The molecule has 0 radical (unpaired) electrons. The lowest BCUT2D eigenvalue weighted by Gasteiger charge is -2.23. The molecule has 1 aliphatic carbocycles. The van der Waals surface area contributed by atoms with E-state index in [-0.39, 0.29) is 0 Å². The maximum absolute atomic E-state index is 3.89. The molecule has 138 valence electrons. The van der Waals surface area contributed by atoms with E-state index >= 15 is 0 Å². The van der Waals surface area contributed by atoms with Crippen molar-refractivity contribution >= 4 is 35.3 Å². The molecule has 0 saturated heterocycles. The van der Waals surface area contributed by atoms with Crippen LogP contribution in [0.3, 0.4) is 0 Å². The Morgan fingerprint density at radius 2 is 0.792 bits per heavy atom. The summed E-state index contributed by atoms with van der Waals surface area (Å²) in [4.78, 5) is 0. The van der Waals surface area contributed by atoms with Gasteiger partial charge in [-0.15, -0.1) is 19.7 Å². The zero-order valence-corrected chi connectivity index (χ0v) is 17.7. The molecule has 0 unspecified atom stereocenters. The molecule has 0 nitrogen and oxygen atoms in total. The van der Waals surface area contributed by atoms with Crippen LogP contribution < -0.4 is 0 Å². The van der Waals surface area contributed by atoms with E-state index in [1.54, 1.807) is 0 Å².